The minimum absolute atomic E-state index is 0. The van der Waals surface area contributed by atoms with E-state index in [1.54, 1.807) is 25.2 Å². The number of sulfone groups is 1. The second-order valence-corrected chi connectivity index (χ2v) is 8.80. The van der Waals surface area contributed by atoms with Crippen molar-refractivity contribution in [2.45, 2.75) is 29.7 Å². The highest BCUT2D eigenvalue weighted by molar-refractivity contribution is 14.0. The number of hydrogen-bond acceptors (Lipinski definition) is 3. The summed E-state index contributed by atoms with van der Waals surface area (Å²) in [7, 11) is -1.46. The monoisotopic (exact) mass is 517 g/mol. The van der Waals surface area contributed by atoms with Crippen molar-refractivity contribution in [3.8, 4) is 0 Å². The topological polar surface area (TPSA) is 70.6 Å². The van der Waals surface area contributed by atoms with Crippen LogP contribution in [-0.2, 0) is 16.3 Å². The van der Waals surface area contributed by atoms with Gasteiger partial charge >= 0.3 is 0 Å². The molecule has 0 amide bonds. The van der Waals surface area contributed by atoms with E-state index in [-0.39, 0.29) is 41.8 Å². The Morgan fingerprint density at radius 3 is 2.46 bits per heavy atom. The van der Waals surface area contributed by atoms with Crippen LogP contribution < -0.4 is 10.6 Å². The van der Waals surface area contributed by atoms with Crippen LogP contribution >= 0.6 is 24.0 Å². The van der Waals surface area contributed by atoms with Gasteiger partial charge in [-0.2, -0.15) is 0 Å². The number of guanidine groups is 1. The maximum absolute atomic E-state index is 13.9. The van der Waals surface area contributed by atoms with Crippen LogP contribution in [0.25, 0.3) is 0 Å². The zero-order valence-corrected chi connectivity index (χ0v) is 19.0. The number of hydrogen-bond donors (Lipinski definition) is 2. The number of halogens is 2. The first-order valence-corrected chi connectivity index (χ1v) is 10.8. The third-order valence-corrected chi connectivity index (χ3v) is 5.83. The molecular weight excluding hydrogens is 492 g/mol. The molecule has 1 aliphatic rings. The normalized spacial score (nSPS) is 18.9. The Hall–Kier alpha value is -1.68. The molecule has 0 radical (unpaired) electrons. The van der Waals surface area contributed by atoms with E-state index >= 15 is 0 Å². The van der Waals surface area contributed by atoms with Crippen molar-refractivity contribution in [3.63, 3.8) is 0 Å². The summed E-state index contributed by atoms with van der Waals surface area (Å²) in [6.07, 6.45) is 2.83. The first-order chi connectivity index (χ1) is 12.9. The lowest BCUT2D eigenvalue weighted by atomic mass is 10.1. The minimum atomic E-state index is -3.17. The molecule has 1 aliphatic carbocycles. The summed E-state index contributed by atoms with van der Waals surface area (Å²) in [6.45, 7) is 0.662. The fourth-order valence-electron chi connectivity index (χ4n) is 3.07. The standard InChI is InChI=1S/C20H24FN3O2S.HI/c1-22-20(24-19-13-17(19)16-5-3-4-6-18(16)21)23-12-11-14-7-9-15(10-8-14)27(2,25)26;/h3-10,17,19H,11-13H2,1-2H3,(H2,22,23,24);1H. The van der Waals surface area contributed by atoms with Crippen molar-refractivity contribution in [1.29, 1.82) is 0 Å². The van der Waals surface area contributed by atoms with Gasteiger partial charge in [0.15, 0.2) is 15.8 Å². The molecule has 152 valence electrons. The van der Waals surface area contributed by atoms with Crippen LogP contribution in [0.5, 0.6) is 0 Å². The number of rotatable bonds is 6. The lowest BCUT2D eigenvalue weighted by molar-refractivity contribution is 0.601. The van der Waals surface area contributed by atoms with Gasteiger partial charge in [0.05, 0.1) is 4.90 Å². The van der Waals surface area contributed by atoms with Gasteiger partial charge in [-0.3, -0.25) is 4.99 Å². The zero-order chi connectivity index (χ0) is 19.4. The van der Waals surface area contributed by atoms with Crippen molar-refractivity contribution in [3.05, 3.63) is 65.5 Å². The van der Waals surface area contributed by atoms with Crippen LogP contribution in [0.15, 0.2) is 58.4 Å². The first-order valence-electron chi connectivity index (χ1n) is 8.89. The Labute approximate surface area is 182 Å². The molecule has 0 heterocycles. The van der Waals surface area contributed by atoms with Gasteiger partial charge in [-0.15, -0.1) is 24.0 Å². The van der Waals surface area contributed by atoms with E-state index in [1.807, 2.05) is 24.3 Å². The van der Waals surface area contributed by atoms with Crippen LogP contribution in [0, 0.1) is 5.82 Å². The Morgan fingerprint density at radius 1 is 1.18 bits per heavy atom. The molecule has 0 bridgehead atoms. The van der Waals surface area contributed by atoms with Crippen LogP contribution in [0.3, 0.4) is 0 Å². The third kappa shape index (κ3) is 5.91. The largest absolute Gasteiger partial charge is 0.356 e. The zero-order valence-electron chi connectivity index (χ0n) is 15.9. The van der Waals surface area contributed by atoms with Gasteiger partial charge in [0, 0.05) is 31.8 Å². The van der Waals surface area contributed by atoms with Gasteiger partial charge < -0.3 is 10.6 Å². The molecule has 2 unspecified atom stereocenters. The van der Waals surface area contributed by atoms with E-state index in [9.17, 15) is 12.8 Å². The van der Waals surface area contributed by atoms with E-state index in [0.717, 1.165) is 24.0 Å². The van der Waals surface area contributed by atoms with Crippen molar-refractivity contribution >= 4 is 39.8 Å². The van der Waals surface area contributed by atoms with Crippen LogP contribution in [0.2, 0.25) is 0 Å². The summed E-state index contributed by atoms with van der Waals surface area (Å²) >= 11 is 0. The molecule has 0 aromatic heterocycles. The van der Waals surface area contributed by atoms with E-state index in [0.29, 0.717) is 17.4 Å². The molecule has 1 fully saturated rings. The lowest BCUT2D eigenvalue weighted by Crippen LogP contribution is -2.39. The fraction of sp³-hybridized carbons (Fsp3) is 0.350. The fourth-order valence-corrected chi connectivity index (χ4v) is 3.70. The maximum atomic E-state index is 13.9. The van der Waals surface area contributed by atoms with E-state index in [2.05, 4.69) is 15.6 Å². The quantitative estimate of drug-likeness (QED) is 0.351. The van der Waals surface area contributed by atoms with Gasteiger partial charge in [0.2, 0.25) is 0 Å². The molecular formula is C20H25FIN3O2S. The van der Waals surface area contributed by atoms with Gasteiger partial charge in [-0.05, 0) is 42.2 Å². The number of nitrogens with one attached hydrogen (secondary N) is 2. The van der Waals surface area contributed by atoms with Crippen LogP contribution in [0.4, 0.5) is 4.39 Å². The van der Waals surface area contributed by atoms with Crippen molar-refractivity contribution in [1.82, 2.24) is 10.6 Å². The summed E-state index contributed by atoms with van der Waals surface area (Å²) in [5, 5.41) is 6.57. The molecule has 2 aromatic carbocycles. The van der Waals surface area contributed by atoms with Gasteiger partial charge in [-0.1, -0.05) is 30.3 Å². The van der Waals surface area contributed by atoms with E-state index in [1.165, 1.54) is 12.3 Å². The van der Waals surface area contributed by atoms with Crippen molar-refractivity contribution in [2.24, 2.45) is 4.99 Å². The molecule has 2 N–H and O–H groups in total. The number of benzene rings is 2. The summed E-state index contributed by atoms with van der Waals surface area (Å²) in [6, 6.07) is 14.0. The highest BCUT2D eigenvalue weighted by atomic mass is 127. The molecule has 5 nitrogen and oxygen atoms in total. The molecule has 0 saturated heterocycles. The first kappa shape index (κ1) is 22.6. The second-order valence-electron chi connectivity index (χ2n) is 6.78. The Morgan fingerprint density at radius 2 is 1.86 bits per heavy atom. The Bertz CT molecular complexity index is 933. The van der Waals surface area contributed by atoms with Crippen LogP contribution in [-0.4, -0.2) is 40.3 Å². The highest BCUT2D eigenvalue weighted by Crippen LogP contribution is 2.41. The molecule has 0 spiro atoms. The highest BCUT2D eigenvalue weighted by Gasteiger charge is 2.40. The molecule has 0 aliphatic heterocycles. The lowest BCUT2D eigenvalue weighted by Gasteiger charge is -2.12. The number of aliphatic imine (C=N–C) groups is 1. The predicted octanol–water partition coefficient (Wildman–Crippen LogP) is 3.11. The van der Waals surface area contributed by atoms with Gasteiger partial charge in [0.1, 0.15) is 5.82 Å². The molecule has 28 heavy (non-hydrogen) atoms. The average Bonchev–Trinajstić information content (AvgIpc) is 3.40. The molecule has 1 saturated carbocycles. The van der Waals surface area contributed by atoms with E-state index < -0.39 is 9.84 Å². The summed E-state index contributed by atoms with van der Waals surface area (Å²) in [5.74, 6) is 0.701. The van der Waals surface area contributed by atoms with Gasteiger partial charge in [-0.25, -0.2) is 12.8 Å². The maximum Gasteiger partial charge on any atom is 0.191 e. The Kier molecular flexibility index (Phi) is 7.82. The van der Waals surface area contributed by atoms with Crippen LogP contribution in [0.1, 0.15) is 23.5 Å². The molecule has 8 heteroatoms. The molecule has 2 aromatic rings. The summed E-state index contributed by atoms with van der Waals surface area (Å²) < 4.78 is 36.8. The van der Waals surface area contributed by atoms with Crippen molar-refractivity contribution in [2.75, 3.05) is 19.8 Å². The average molecular weight is 517 g/mol. The number of nitrogens with zero attached hydrogens (tertiary/aromatic N) is 1. The van der Waals surface area contributed by atoms with E-state index in [4.69, 9.17) is 0 Å². The Balaban J connectivity index is 0.00000280. The smallest absolute Gasteiger partial charge is 0.191 e. The van der Waals surface area contributed by atoms with Crippen molar-refractivity contribution < 1.29 is 12.8 Å². The molecule has 2 atom stereocenters. The predicted molar refractivity (Wildman–Crippen MR) is 121 cm³/mol. The second kappa shape index (κ2) is 9.69. The summed E-state index contributed by atoms with van der Waals surface area (Å²) in [5.41, 5.74) is 1.79. The minimum Gasteiger partial charge on any atom is -0.356 e. The summed E-state index contributed by atoms with van der Waals surface area (Å²) in [4.78, 5) is 4.54. The third-order valence-electron chi connectivity index (χ3n) is 4.70. The SMILES string of the molecule is CN=C(NCCc1ccc(S(C)(=O)=O)cc1)NC1CC1c1ccccc1F.I. The van der Waals surface area contributed by atoms with Gasteiger partial charge in [0.25, 0.3) is 0 Å². The molecule has 3 rings (SSSR count).